The van der Waals surface area contributed by atoms with E-state index in [9.17, 15) is 0 Å². The Labute approximate surface area is 112 Å². The van der Waals surface area contributed by atoms with Crippen molar-refractivity contribution in [2.75, 3.05) is 13.1 Å². The third-order valence-corrected chi connectivity index (χ3v) is 5.79. The molecule has 1 aliphatic heterocycles. The molecule has 0 aromatic heterocycles. The first-order valence-corrected chi connectivity index (χ1v) is 8.24. The third kappa shape index (κ3) is 2.75. The van der Waals surface area contributed by atoms with Crippen LogP contribution in [0.15, 0.2) is 0 Å². The molecule has 1 saturated heterocycles. The molecule has 18 heavy (non-hydrogen) atoms. The van der Waals surface area contributed by atoms with Gasteiger partial charge in [0.15, 0.2) is 0 Å². The van der Waals surface area contributed by atoms with Crippen molar-refractivity contribution in [1.29, 1.82) is 0 Å². The van der Waals surface area contributed by atoms with Crippen molar-refractivity contribution < 1.29 is 0 Å². The molecule has 3 atom stereocenters. The van der Waals surface area contributed by atoms with Crippen molar-refractivity contribution in [3.8, 4) is 0 Å². The summed E-state index contributed by atoms with van der Waals surface area (Å²) in [5.41, 5.74) is 0.630. The standard InChI is InChI=1S/C16H30N2/c1-16(9-5-10-16)12-18-15-7-3-2-6-13(15)14-8-4-11-17-14/h13-15,17-18H,2-12H2,1H3. The summed E-state index contributed by atoms with van der Waals surface area (Å²) in [7, 11) is 0. The van der Waals surface area contributed by atoms with Gasteiger partial charge in [-0.05, 0) is 56.4 Å². The lowest BCUT2D eigenvalue weighted by atomic mass is 9.70. The molecule has 104 valence electrons. The lowest BCUT2D eigenvalue weighted by Gasteiger charge is -2.43. The van der Waals surface area contributed by atoms with Gasteiger partial charge in [-0.1, -0.05) is 26.2 Å². The fourth-order valence-electron chi connectivity index (χ4n) is 4.31. The van der Waals surface area contributed by atoms with Gasteiger partial charge in [0.1, 0.15) is 0 Å². The molecule has 2 aliphatic carbocycles. The molecule has 3 rings (SSSR count). The topological polar surface area (TPSA) is 24.1 Å². The average molecular weight is 250 g/mol. The maximum absolute atomic E-state index is 3.95. The van der Waals surface area contributed by atoms with Crippen molar-refractivity contribution in [3.63, 3.8) is 0 Å². The van der Waals surface area contributed by atoms with Gasteiger partial charge in [0, 0.05) is 18.6 Å². The van der Waals surface area contributed by atoms with Crippen LogP contribution in [0, 0.1) is 11.3 Å². The van der Waals surface area contributed by atoms with Gasteiger partial charge in [-0.2, -0.15) is 0 Å². The van der Waals surface area contributed by atoms with Gasteiger partial charge in [0.25, 0.3) is 0 Å². The molecule has 2 heteroatoms. The van der Waals surface area contributed by atoms with Crippen LogP contribution >= 0.6 is 0 Å². The Morgan fingerprint density at radius 1 is 1.06 bits per heavy atom. The fourth-order valence-corrected chi connectivity index (χ4v) is 4.31. The SMILES string of the molecule is CC1(CNC2CCCCC2C2CCCN2)CCC1. The molecule has 3 aliphatic rings. The zero-order valence-electron chi connectivity index (χ0n) is 12.0. The molecule has 0 amide bonds. The Hall–Kier alpha value is -0.0800. The largest absolute Gasteiger partial charge is 0.314 e. The summed E-state index contributed by atoms with van der Waals surface area (Å²) < 4.78 is 0. The Kier molecular flexibility index (Phi) is 3.95. The molecular weight excluding hydrogens is 220 g/mol. The van der Waals surface area contributed by atoms with E-state index in [0.717, 1.165) is 18.0 Å². The minimum Gasteiger partial charge on any atom is -0.314 e. The maximum Gasteiger partial charge on any atom is 0.0111 e. The first kappa shape index (κ1) is 12.9. The van der Waals surface area contributed by atoms with Gasteiger partial charge < -0.3 is 10.6 Å². The monoisotopic (exact) mass is 250 g/mol. The third-order valence-electron chi connectivity index (χ3n) is 5.79. The zero-order valence-corrected chi connectivity index (χ0v) is 12.0. The van der Waals surface area contributed by atoms with E-state index in [0.29, 0.717) is 5.41 Å². The Morgan fingerprint density at radius 3 is 2.56 bits per heavy atom. The minimum atomic E-state index is 0.630. The fraction of sp³-hybridized carbons (Fsp3) is 1.00. The van der Waals surface area contributed by atoms with Crippen LogP contribution in [-0.4, -0.2) is 25.2 Å². The minimum absolute atomic E-state index is 0.630. The smallest absolute Gasteiger partial charge is 0.0111 e. The molecule has 0 spiro atoms. The van der Waals surface area contributed by atoms with Gasteiger partial charge in [-0.25, -0.2) is 0 Å². The first-order chi connectivity index (χ1) is 8.77. The summed E-state index contributed by atoms with van der Waals surface area (Å²) in [4.78, 5) is 0. The lowest BCUT2D eigenvalue weighted by molar-refractivity contribution is 0.128. The van der Waals surface area contributed by atoms with Crippen LogP contribution in [-0.2, 0) is 0 Å². The molecule has 2 N–H and O–H groups in total. The van der Waals surface area contributed by atoms with Gasteiger partial charge in [0.2, 0.25) is 0 Å². The average Bonchev–Trinajstić information content (AvgIpc) is 2.88. The highest BCUT2D eigenvalue weighted by molar-refractivity contribution is 4.94. The molecular formula is C16H30N2. The second-order valence-electron chi connectivity index (χ2n) is 7.30. The molecule has 2 nitrogen and oxygen atoms in total. The van der Waals surface area contributed by atoms with E-state index in [1.165, 1.54) is 70.9 Å². The van der Waals surface area contributed by atoms with Crippen LogP contribution in [0.5, 0.6) is 0 Å². The van der Waals surface area contributed by atoms with Crippen molar-refractivity contribution in [3.05, 3.63) is 0 Å². The molecule has 3 unspecified atom stereocenters. The Bertz CT molecular complexity index is 266. The summed E-state index contributed by atoms with van der Waals surface area (Å²) in [5, 5.41) is 7.69. The molecule has 0 radical (unpaired) electrons. The molecule has 0 bridgehead atoms. The highest BCUT2D eigenvalue weighted by Crippen LogP contribution is 2.40. The van der Waals surface area contributed by atoms with Crippen LogP contribution in [0.3, 0.4) is 0 Å². The van der Waals surface area contributed by atoms with Crippen molar-refractivity contribution in [2.45, 2.75) is 76.8 Å². The predicted molar refractivity (Wildman–Crippen MR) is 76.7 cm³/mol. The van der Waals surface area contributed by atoms with Gasteiger partial charge in [-0.3, -0.25) is 0 Å². The molecule has 3 fully saturated rings. The van der Waals surface area contributed by atoms with E-state index in [1.807, 2.05) is 0 Å². The zero-order chi connectivity index (χ0) is 12.4. The summed E-state index contributed by atoms with van der Waals surface area (Å²) in [6, 6.07) is 1.61. The van der Waals surface area contributed by atoms with Gasteiger partial charge in [-0.15, -0.1) is 0 Å². The van der Waals surface area contributed by atoms with E-state index < -0.39 is 0 Å². The second kappa shape index (κ2) is 5.50. The Morgan fingerprint density at radius 2 is 1.89 bits per heavy atom. The second-order valence-corrected chi connectivity index (χ2v) is 7.30. The van der Waals surface area contributed by atoms with Gasteiger partial charge >= 0.3 is 0 Å². The van der Waals surface area contributed by atoms with E-state index in [-0.39, 0.29) is 0 Å². The summed E-state index contributed by atoms with van der Waals surface area (Å²) in [6.45, 7) is 4.99. The quantitative estimate of drug-likeness (QED) is 0.801. The van der Waals surface area contributed by atoms with E-state index in [4.69, 9.17) is 0 Å². The summed E-state index contributed by atoms with van der Waals surface area (Å²) in [6.07, 6.45) is 12.9. The maximum atomic E-state index is 3.95. The van der Waals surface area contributed by atoms with Crippen LogP contribution in [0.2, 0.25) is 0 Å². The van der Waals surface area contributed by atoms with Crippen molar-refractivity contribution in [1.82, 2.24) is 10.6 Å². The van der Waals surface area contributed by atoms with Crippen LogP contribution in [0.1, 0.15) is 64.7 Å². The van der Waals surface area contributed by atoms with Crippen LogP contribution in [0.25, 0.3) is 0 Å². The van der Waals surface area contributed by atoms with Gasteiger partial charge in [0.05, 0.1) is 0 Å². The summed E-state index contributed by atoms with van der Waals surface area (Å²) >= 11 is 0. The Balaban J connectivity index is 1.53. The lowest BCUT2D eigenvalue weighted by Crippen LogP contribution is -2.50. The number of rotatable bonds is 4. The number of hydrogen-bond acceptors (Lipinski definition) is 2. The highest BCUT2D eigenvalue weighted by atomic mass is 15.0. The first-order valence-electron chi connectivity index (χ1n) is 8.24. The predicted octanol–water partition coefficient (Wildman–Crippen LogP) is 3.08. The molecule has 2 saturated carbocycles. The van der Waals surface area contributed by atoms with E-state index >= 15 is 0 Å². The molecule has 1 heterocycles. The van der Waals surface area contributed by atoms with Crippen LogP contribution < -0.4 is 10.6 Å². The number of nitrogens with one attached hydrogen (secondary N) is 2. The van der Waals surface area contributed by atoms with Crippen molar-refractivity contribution in [2.24, 2.45) is 11.3 Å². The number of hydrogen-bond donors (Lipinski definition) is 2. The molecule has 0 aromatic carbocycles. The summed E-state index contributed by atoms with van der Waals surface area (Å²) in [5.74, 6) is 0.907. The van der Waals surface area contributed by atoms with Crippen molar-refractivity contribution >= 4 is 0 Å². The molecule has 0 aromatic rings. The van der Waals surface area contributed by atoms with E-state index in [1.54, 1.807) is 0 Å². The highest BCUT2D eigenvalue weighted by Gasteiger charge is 2.36. The normalized spacial score (nSPS) is 39.5. The van der Waals surface area contributed by atoms with Crippen LogP contribution in [0.4, 0.5) is 0 Å². The van der Waals surface area contributed by atoms with E-state index in [2.05, 4.69) is 17.6 Å².